The molecule has 0 bridgehead atoms. The molecule has 0 saturated carbocycles. The van der Waals surface area contributed by atoms with E-state index >= 15 is 0 Å². The van der Waals surface area contributed by atoms with Gasteiger partial charge in [0.1, 0.15) is 11.3 Å². The fourth-order valence-electron chi connectivity index (χ4n) is 3.16. The Balaban J connectivity index is 2.14. The number of nitrogens with zero attached hydrogens (tertiary/aromatic N) is 1. The van der Waals surface area contributed by atoms with Crippen molar-refractivity contribution in [3.63, 3.8) is 0 Å². The van der Waals surface area contributed by atoms with Gasteiger partial charge < -0.3 is 19.8 Å². The van der Waals surface area contributed by atoms with Gasteiger partial charge in [-0.05, 0) is 23.3 Å². The summed E-state index contributed by atoms with van der Waals surface area (Å²) in [6.45, 7) is 1.63. The van der Waals surface area contributed by atoms with Gasteiger partial charge in [-0.3, -0.25) is 14.4 Å². The molecule has 2 aromatic carbocycles. The fourth-order valence-corrected chi connectivity index (χ4v) is 3.16. The minimum atomic E-state index is -0.823. The molecule has 1 atom stereocenters. The molecule has 0 spiro atoms. The highest BCUT2D eigenvalue weighted by Crippen LogP contribution is 2.26. The molecule has 1 amide bonds. The van der Waals surface area contributed by atoms with Crippen molar-refractivity contribution >= 4 is 11.9 Å². The first kappa shape index (κ1) is 20.9. The normalized spacial score (nSPS) is 11.5. The fraction of sp³-hybridized carbons (Fsp3) is 0.174. The molecule has 0 aliphatic rings. The van der Waals surface area contributed by atoms with Crippen molar-refractivity contribution in [3.05, 3.63) is 99.5 Å². The summed E-state index contributed by atoms with van der Waals surface area (Å²) >= 11 is 0. The van der Waals surface area contributed by atoms with Crippen LogP contribution in [0.15, 0.2) is 71.7 Å². The lowest BCUT2D eigenvalue weighted by Crippen LogP contribution is -2.27. The van der Waals surface area contributed by atoms with E-state index in [2.05, 4.69) is 0 Å². The number of esters is 1. The van der Waals surface area contributed by atoms with E-state index in [4.69, 9.17) is 15.2 Å². The molecule has 3 aromatic rings. The summed E-state index contributed by atoms with van der Waals surface area (Å²) in [5.74, 6) is -0.608. The number of pyridine rings is 1. The predicted molar refractivity (Wildman–Crippen MR) is 111 cm³/mol. The third-order valence-corrected chi connectivity index (χ3v) is 4.59. The second kappa shape index (κ2) is 9.09. The van der Waals surface area contributed by atoms with E-state index in [9.17, 15) is 14.4 Å². The Morgan fingerprint density at radius 2 is 1.73 bits per heavy atom. The number of benzene rings is 2. The molecule has 0 radical (unpaired) electrons. The smallest absolute Gasteiger partial charge is 0.303 e. The van der Waals surface area contributed by atoms with Gasteiger partial charge in [0, 0.05) is 25.7 Å². The zero-order chi connectivity index (χ0) is 21.7. The topological polar surface area (TPSA) is 101 Å². The first-order valence-electron chi connectivity index (χ1n) is 9.28. The van der Waals surface area contributed by atoms with Crippen LogP contribution >= 0.6 is 0 Å². The average Bonchev–Trinajstić information content (AvgIpc) is 2.74. The molecule has 0 saturated heterocycles. The van der Waals surface area contributed by atoms with E-state index in [1.165, 1.54) is 19.2 Å². The maximum absolute atomic E-state index is 12.5. The van der Waals surface area contributed by atoms with Crippen LogP contribution in [0.4, 0.5) is 0 Å². The summed E-state index contributed by atoms with van der Waals surface area (Å²) in [6, 6.07) is 17.7. The van der Waals surface area contributed by atoms with Crippen molar-refractivity contribution in [1.82, 2.24) is 4.57 Å². The Labute approximate surface area is 173 Å². The number of hydrogen-bond acceptors (Lipinski definition) is 5. The van der Waals surface area contributed by atoms with E-state index < -0.39 is 23.4 Å². The van der Waals surface area contributed by atoms with Gasteiger partial charge >= 0.3 is 5.97 Å². The lowest BCUT2D eigenvalue weighted by Gasteiger charge is -2.23. The van der Waals surface area contributed by atoms with Gasteiger partial charge in [0.15, 0.2) is 11.5 Å². The van der Waals surface area contributed by atoms with Gasteiger partial charge in [-0.1, -0.05) is 42.5 Å². The monoisotopic (exact) mass is 406 g/mol. The van der Waals surface area contributed by atoms with Crippen LogP contribution in [-0.4, -0.2) is 23.6 Å². The molecule has 0 fully saturated rings. The van der Waals surface area contributed by atoms with Crippen LogP contribution in [0, 0.1) is 0 Å². The maximum atomic E-state index is 12.5. The number of amides is 1. The minimum Gasteiger partial charge on any atom is -0.497 e. The van der Waals surface area contributed by atoms with Gasteiger partial charge in [0.25, 0.3) is 5.91 Å². The highest BCUT2D eigenvalue weighted by Gasteiger charge is 2.23. The lowest BCUT2D eigenvalue weighted by molar-refractivity contribution is -0.145. The van der Waals surface area contributed by atoms with Gasteiger partial charge in [-0.2, -0.15) is 0 Å². The molecule has 0 aliphatic heterocycles. The lowest BCUT2D eigenvalue weighted by atomic mass is 10.0. The van der Waals surface area contributed by atoms with E-state index in [1.807, 2.05) is 42.5 Å². The number of carbonyl (C=O) groups excluding carboxylic acids is 2. The predicted octanol–water partition coefficient (Wildman–Crippen LogP) is 2.66. The van der Waals surface area contributed by atoms with Crippen molar-refractivity contribution < 1.29 is 19.1 Å². The number of rotatable bonds is 7. The number of aromatic nitrogens is 1. The van der Waals surface area contributed by atoms with Crippen molar-refractivity contribution in [1.29, 1.82) is 0 Å². The van der Waals surface area contributed by atoms with Crippen molar-refractivity contribution in [2.45, 2.75) is 19.6 Å². The van der Waals surface area contributed by atoms with E-state index in [1.54, 1.807) is 23.8 Å². The quantitative estimate of drug-likeness (QED) is 0.608. The maximum Gasteiger partial charge on any atom is 0.303 e. The molecule has 7 heteroatoms. The molecule has 2 N–H and O–H groups in total. The Kier molecular flexibility index (Phi) is 6.32. The Bertz CT molecular complexity index is 1100. The van der Waals surface area contributed by atoms with Gasteiger partial charge in [0.2, 0.25) is 0 Å². The zero-order valence-corrected chi connectivity index (χ0v) is 16.7. The first-order chi connectivity index (χ1) is 14.4. The standard InChI is InChI=1S/C23H22N2O5/c1-15(26)30-22(17-6-4-3-5-7-17)20-12-21(27)19(23(24)28)14-25(20)13-16-8-10-18(29-2)11-9-16/h3-12,14,22H,13H2,1-2H3,(H2,24,28)/t22-/m0/s1. The van der Waals surface area contributed by atoms with E-state index in [0.717, 1.165) is 5.56 Å². The van der Waals surface area contributed by atoms with Gasteiger partial charge in [-0.15, -0.1) is 0 Å². The molecule has 30 heavy (non-hydrogen) atoms. The second-order valence-electron chi connectivity index (χ2n) is 6.72. The van der Waals surface area contributed by atoms with Crippen LogP contribution in [-0.2, 0) is 16.1 Å². The van der Waals surface area contributed by atoms with Gasteiger partial charge in [0.05, 0.1) is 12.8 Å². The van der Waals surface area contributed by atoms with Crippen LogP contribution in [0.1, 0.15) is 40.2 Å². The van der Waals surface area contributed by atoms with Crippen LogP contribution in [0.5, 0.6) is 5.75 Å². The summed E-state index contributed by atoms with van der Waals surface area (Å²) < 4.78 is 12.4. The molecule has 154 valence electrons. The summed E-state index contributed by atoms with van der Waals surface area (Å²) in [6.07, 6.45) is 0.584. The van der Waals surface area contributed by atoms with Crippen molar-refractivity contribution in [2.75, 3.05) is 7.11 Å². The molecule has 0 unspecified atom stereocenters. The number of methoxy groups -OCH3 is 1. The third-order valence-electron chi connectivity index (χ3n) is 4.59. The largest absolute Gasteiger partial charge is 0.497 e. The van der Waals surface area contributed by atoms with Crippen LogP contribution in [0.2, 0.25) is 0 Å². The molecule has 3 rings (SSSR count). The molecular formula is C23H22N2O5. The van der Waals surface area contributed by atoms with Crippen LogP contribution in [0.3, 0.4) is 0 Å². The number of carbonyl (C=O) groups is 2. The summed E-state index contributed by atoms with van der Waals surface area (Å²) in [4.78, 5) is 36.1. The summed E-state index contributed by atoms with van der Waals surface area (Å²) in [7, 11) is 1.58. The van der Waals surface area contributed by atoms with Gasteiger partial charge in [-0.25, -0.2) is 0 Å². The number of nitrogens with two attached hydrogens (primary N) is 1. The SMILES string of the molecule is COc1ccc(Cn2cc(C(N)=O)c(=O)cc2[C@@H](OC(C)=O)c2ccccc2)cc1. The van der Waals surface area contributed by atoms with E-state index in [-0.39, 0.29) is 5.56 Å². The Hall–Kier alpha value is -3.87. The second-order valence-corrected chi connectivity index (χ2v) is 6.72. The van der Waals surface area contributed by atoms with Crippen molar-refractivity contribution in [3.8, 4) is 5.75 Å². The third kappa shape index (κ3) is 4.75. The molecule has 7 nitrogen and oxygen atoms in total. The molecular weight excluding hydrogens is 384 g/mol. The number of hydrogen-bond donors (Lipinski definition) is 1. The molecule has 1 aromatic heterocycles. The Morgan fingerprint density at radius 1 is 1.07 bits per heavy atom. The highest BCUT2D eigenvalue weighted by atomic mass is 16.5. The first-order valence-corrected chi connectivity index (χ1v) is 9.28. The average molecular weight is 406 g/mol. The van der Waals surface area contributed by atoms with E-state index in [0.29, 0.717) is 23.6 Å². The number of primary amides is 1. The minimum absolute atomic E-state index is 0.137. The zero-order valence-electron chi connectivity index (χ0n) is 16.7. The van der Waals surface area contributed by atoms with Crippen LogP contribution in [0.25, 0.3) is 0 Å². The number of ether oxygens (including phenoxy) is 2. The highest BCUT2D eigenvalue weighted by molar-refractivity contribution is 5.92. The summed E-state index contributed by atoms with van der Waals surface area (Å²) in [5.41, 5.74) is 6.73. The Morgan fingerprint density at radius 3 is 2.30 bits per heavy atom. The molecule has 1 heterocycles. The van der Waals surface area contributed by atoms with Crippen LogP contribution < -0.4 is 15.9 Å². The van der Waals surface area contributed by atoms with Crippen molar-refractivity contribution in [2.24, 2.45) is 5.73 Å². The molecule has 0 aliphatic carbocycles. The summed E-state index contributed by atoms with van der Waals surface area (Å²) in [5, 5.41) is 0.